The van der Waals surface area contributed by atoms with E-state index < -0.39 is 0 Å². The first-order valence-corrected chi connectivity index (χ1v) is 11.2. The topological polar surface area (TPSA) is 78.3 Å². The lowest BCUT2D eigenvalue weighted by Gasteiger charge is -2.10. The normalized spacial score (nSPS) is 10.8. The van der Waals surface area contributed by atoms with E-state index >= 15 is 0 Å². The average Bonchev–Trinajstić information content (AvgIpc) is 3.29. The van der Waals surface area contributed by atoms with Crippen LogP contribution in [0.5, 0.6) is 6.01 Å². The Balaban J connectivity index is 1.58. The van der Waals surface area contributed by atoms with Crippen molar-refractivity contribution in [1.82, 2.24) is 14.8 Å². The predicted molar refractivity (Wildman–Crippen MR) is 133 cm³/mol. The minimum atomic E-state index is -0.148. The number of anilines is 1. The summed E-state index contributed by atoms with van der Waals surface area (Å²) in [6.07, 6.45) is 0.940. The van der Waals surface area contributed by atoms with Gasteiger partial charge in [0.1, 0.15) is 6.61 Å². The van der Waals surface area contributed by atoms with Crippen LogP contribution in [0.2, 0.25) is 0 Å². The minimum Gasteiger partial charge on any atom is -0.460 e. The zero-order chi connectivity index (χ0) is 23.9. The van der Waals surface area contributed by atoms with Crippen LogP contribution in [0.15, 0.2) is 72.8 Å². The number of aromatic nitrogens is 3. The largest absolute Gasteiger partial charge is 0.460 e. The number of rotatable bonds is 9. The van der Waals surface area contributed by atoms with E-state index in [1.165, 1.54) is 5.56 Å². The Bertz CT molecular complexity index is 1250. The van der Waals surface area contributed by atoms with E-state index in [0.29, 0.717) is 30.3 Å². The highest BCUT2D eigenvalue weighted by Crippen LogP contribution is 2.27. The third-order valence-electron chi connectivity index (χ3n) is 5.49. The van der Waals surface area contributed by atoms with Crippen molar-refractivity contribution < 1.29 is 14.3 Å². The van der Waals surface area contributed by atoms with Gasteiger partial charge in [0.2, 0.25) is 0 Å². The van der Waals surface area contributed by atoms with Crippen molar-refractivity contribution in [2.75, 3.05) is 25.6 Å². The lowest BCUT2D eigenvalue weighted by Crippen LogP contribution is -2.12. The van der Waals surface area contributed by atoms with Gasteiger partial charge >= 0.3 is 6.01 Å². The Hall–Kier alpha value is -3.97. The van der Waals surface area contributed by atoms with Gasteiger partial charge in [0.15, 0.2) is 5.82 Å². The molecule has 34 heavy (non-hydrogen) atoms. The summed E-state index contributed by atoms with van der Waals surface area (Å²) < 4.78 is 12.5. The van der Waals surface area contributed by atoms with Crippen LogP contribution in [-0.4, -0.2) is 41.0 Å². The Kier molecular flexibility index (Phi) is 7.34. The molecule has 0 bridgehead atoms. The fourth-order valence-electron chi connectivity index (χ4n) is 3.53. The summed E-state index contributed by atoms with van der Waals surface area (Å²) in [5.74, 6) is 0.531. The number of nitrogens with zero attached hydrogens (tertiary/aromatic N) is 3. The Morgan fingerprint density at radius 2 is 1.71 bits per heavy atom. The standard InChI is InChI=1S/C27H28N4O3/c1-4-20-9-11-21(12-10-20)26(32)28-22-13-15-23(16-14-22)31-25(24-8-6-5-7-19(24)2)29-27(30-31)34-18-17-33-3/h5-16H,4,17-18H2,1-3H3,(H,28,32). The molecule has 0 radical (unpaired) electrons. The molecule has 1 aromatic heterocycles. The molecule has 1 heterocycles. The van der Waals surface area contributed by atoms with E-state index in [-0.39, 0.29) is 11.9 Å². The van der Waals surface area contributed by atoms with Crippen LogP contribution >= 0.6 is 0 Å². The maximum Gasteiger partial charge on any atom is 0.336 e. The number of carbonyl (C=O) groups is 1. The average molecular weight is 457 g/mol. The van der Waals surface area contributed by atoms with Gasteiger partial charge in [-0.2, -0.15) is 4.98 Å². The van der Waals surface area contributed by atoms with Gasteiger partial charge in [-0.25, -0.2) is 4.68 Å². The number of amides is 1. The molecule has 4 rings (SSSR count). The van der Waals surface area contributed by atoms with E-state index in [1.807, 2.05) is 79.7 Å². The van der Waals surface area contributed by atoms with Crippen LogP contribution in [0.1, 0.15) is 28.4 Å². The number of ether oxygens (including phenoxy) is 2. The molecule has 0 saturated carbocycles. The van der Waals surface area contributed by atoms with Crippen LogP contribution in [0.3, 0.4) is 0 Å². The van der Waals surface area contributed by atoms with Crippen molar-refractivity contribution in [1.29, 1.82) is 0 Å². The molecule has 7 nitrogen and oxygen atoms in total. The SMILES string of the molecule is CCc1ccc(C(=O)Nc2ccc(-n3nc(OCCOC)nc3-c3ccccc3C)cc2)cc1. The van der Waals surface area contributed by atoms with Crippen molar-refractivity contribution in [3.8, 4) is 23.1 Å². The van der Waals surface area contributed by atoms with Crippen molar-refractivity contribution in [2.24, 2.45) is 0 Å². The first kappa shape index (κ1) is 23.2. The maximum absolute atomic E-state index is 12.6. The number of benzene rings is 3. The van der Waals surface area contributed by atoms with E-state index in [4.69, 9.17) is 9.47 Å². The van der Waals surface area contributed by atoms with E-state index in [0.717, 1.165) is 23.2 Å². The number of aryl methyl sites for hydroxylation is 2. The summed E-state index contributed by atoms with van der Waals surface area (Å²) in [6.45, 7) is 4.93. The second-order valence-electron chi connectivity index (χ2n) is 7.84. The van der Waals surface area contributed by atoms with Gasteiger partial charge < -0.3 is 14.8 Å². The molecule has 0 aliphatic carbocycles. The van der Waals surface area contributed by atoms with Crippen molar-refractivity contribution >= 4 is 11.6 Å². The number of methoxy groups -OCH3 is 1. The van der Waals surface area contributed by atoms with E-state index in [2.05, 4.69) is 22.3 Å². The quantitative estimate of drug-likeness (QED) is 0.355. The van der Waals surface area contributed by atoms with Gasteiger partial charge in [-0.15, -0.1) is 5.10 Å². The molecule has 174 valence electrons. The Labute approximate surface area is 199 Å². The Morgan fingerprint density at radius 1 is 0.971 bits per heavy atom. The first-order chi connectivity index (χ1) is 16.6. The summed E-state index contributed by atoms with van der Waals surface area (Å²) in [7, 11) is 1.62. The van der Waals surface area contributed by atoms with Crippen molar-refractivity contribution in [3.63, 3.8) is 0 Å². The van der Waals surface area contributed by atoms with Gasteiger partial charge in [0.05, 0.1) is 12.3 Å². The molecule has 1 N–H and O–H groups in total. The summed E-state index contributed by atoms with van der Waals surface area (Å²) in [5, 5.41) is 7.51. The summed E-state index contributed by atoms with van der Waals surface area (Å²) in [5.41, 5.74) is 5.36. The monoisotopic (exact) mass is 456 g/mol. The zero-order valence-corrected chi connectivity index (χ0v) is 19.6. The molecule has 4 aromatic rings. The lowest BCUT2D eigenvalue weighted by atomic mass is 10.1. The van der Waals surface area contributed by atoms with Crippen LogP contribution in [0, 0.1) is 6.92 Å². The smallest absolute Gasteiger partial charge is 0.336 e. The summed E-state index contributed by atoms with van der Waals surface area (Å²) >= 11 is 0. The summed E-state index contributed by atoms with van der Waals surface area (Å²) in [4.78, 5) is 17.2. The van der Waals surface area contributed by atoms with Crippen LogP contribution < -0.4 is 10.1 Å². The third-order valence-corrected chi connectivity index (χ3v) is 5.49. The number of hydrogen-bond acceptors (Lipinski definition) is 5. The highest BCUT2D eigenvalue weighted by Gasteiger charge is 2.16. The number of hydrogen-bond donors (Lipinski definition) is 1. The number of carbonyl (C=O) groups excluding carboxylic acids is 1. The second-order valence-corrected chi connectivity index (χ2v) is 7.84. The number of nitrogens with one attached hydrogen (secondary N) is 1. The van der Waals surface area contributed by atoms with Gasteiger partial charge in [-0.3, -0.25) is 4.79 Å². The van der Waals surface area contributed by atoms with Crippen molar-refractivity contribution in [3.05, 3.63) is 89.5 Å². The molecule has 1 amide bonds. The fourth-order valence-corrected chi connectivity index (χ4v) is 3.53. The van der Waals surface area contributed by atoms with Crippen molar-refractivity contribution in [2.45, 2.75) is 20.3 Å². The van der Waals surface area contributed by atoms with Gasteiger partial charge in [-0.05, 0) is 60.9 Å². The van der Waals surface area contributed by atoms with Gasteiger partial charge in [0.25, 0.3) is 5.91 Å². The molecular weight excluding hydrogens is 428 g/mol. The van der Waals surface area contributed by atoms with Crippen LogP contribution in [-0.2, 0) is 11.2 Å². The van der Waals surface area contributed by atoms with E-state index in [9.17, 15) is 4.79 Å². The Morgan fingerprint density at radius 3 is 2.38 bits per heavy atom. The van der Waals surface area contributed by atoms with E-state index in [1.54, 1.807) is 11.8 Å². The first-order valence-electron chi connectivity index (χ1n) is 11.2. The highest BCUT2D eigenvalue weighted by atomic mass is 16.5. The third kappa shape index (κ3) is 5.32. The molecule has 0 fully saturated rings. The fraction of sp³-hybridized carbons (Fsp3) is 0.222. The van der Waals surface area contributed by atoms with Crippen LogP contribution in [0.25, 0.3) is 17.1 Å². The predicted octanol–water partition coefficient (Wildman–Crippen LogP) is 5.08. The van der Waals surface area contributed by atoms with Crippen LogP contribution in [0.4, 0.5) is 5.69 Å². The molecule has 0 unspecified atom stereocenters. The molecule has 0 atom stereocenters. The second kappa shape index (κ2) is 10.8. The molecule has 0 spiro atoms. The molecule has 0 saturated heterocycles. The zero-order valence-electron chi connectivity index (χ0n) is 19.6. The highest BCUT2D eigenvalue weighted by molar-refractivity contribution is 6.04. The molecule has 0 aliphatic heterocycles. The lowest BCUT2D eigenvalue weighted by molar-refractivity contribution is 0.102. The maximum atomic E-state index is 12.6. The molecular formula is C27H28N4O3. The van der Waals surface area contributed by atoms with Gasteiger partial charge in [0, 0.05) is 23.9 Å². The molecule has 0 aliphatic rings. The molecule has 3 aromatic carbocycles. The molecule has 7 heteroatoms. The van der Waals surface area contributed by atoms with Gasteiger partial charge in [-0.1, -0.05) is 43.3 Å². The summed E-state index contributed by atoms with van der Waals surface area (Å²) in [6, 6.07) is 23.4. The minimum absolute atomic E-state index is 0.148.